The summed E-state index contributed by atoms with van der Waals surface area (Å²) in [5.41, 5.74) is -1.58. The first-order valence-electron chi connectivity index (χ1n) is 11.8. The molecule has 3 unspecified atom stereocenters. The first-order valence-corrected chi connectivity index (χ1v) is 16.3. The summed E-state index contributed by atoms with van der Waals surface area (Å²) in [5, 5.41) is 20.9. The Hall–Kier alpha value is -2.73. The highest BCUT2D eigenvalue weighted by Crippen LogP contribution is 2.66. The molecular weight excluding hydrogens is 646 g/mol. The molecule has 3 heterocycles. The van der Waals surface area contributed by atoms with E-state index in [1.165, 1.54) is 12.3 Å². The summed E-state index contributed by atoms with van der Waals surface area (Å²) in [7, 11) is -17.0. The third-order valence-corrected chi connectivity index (χ3v) is 9.68. The minimum Gasteiger partial charge on any atom is -0.387 e. The molecule has 1 saturated heterocycles. The standard InChI is InChI=1S/C21H23FN3O15P3/c22-17-13(12-4-2-1-3-5-12)6-8-23-14(17)10-25-16(26)7-9-24(21(25)29)20-19(28)18(27)15(38-20)11-37-42(33,34)40-43(35,36)39-41(30,31)32/h1-9,15,18-20,27-28H,10-11H2,(H,33,34)(H,35,36)(H2,30,31,32)/t15-,18?,19+,20-/m1/s1. The maximum atomic E-state index is 15.3. The molecule has 0 radical (unpaired) electrons. The third kappa shape index (κ3) is 8.06. The van der Waals surface area contributed by atoms with Gasteiger partial charge in [-0.15, -0.1) is 0 Å². The molecule has 18 nitrogen and oxygen atoms in total. The Kier molecular flexibility index (Phi) is 9.80. The van der Waals surface area contributed by atoms with E-state index in [0.717, 1.165) is 12.3 Å². The summed E-state index contributed by atoms with van der Waals surface area (Å²) in [6.07, 6.45) is -5.04. The molecule has 2 aromatic heterocycles. The van der Waals surface area contributed by atoms with Gasteiger partial charge in [-0.2, -0.15) is 8.62 Å². The summed E-state index contributed by atoms with van der Waals surface area (Å²) in [6, 6.07) is 10.7. The van der Waals surface area contributed by atoms with E-state index >= 15 is 4.39 Å². The van der Waals surface area contributed by atoms with Crippen LogP contribution in [0, 0.1) is 5.82 Å². The molecule has 0 bridgehead atoms. The number of benzene rings is 1. The predicted octanol–water partition coefficient (Wildman–Crippen LogP) is 0.222. The average Bonchev–Trinajstić information content (AvgIpc) is 3.18. The molecule has 0 saturated carbocycles. The average molecular weight is 669 g/mol. The highest BCUT2D eigenvalue weighted by molar-refractivity contribution is 7.66. The van der Waals surface area contributed by atoms with Gasteiger partial charge in [0.15, 0.2) is 12.0 Å². The summed E-state index contributed by atoms with van der Waals surface area (Å²) < 4.78 is 67.7. The van der Waals surface area contributed by atoms with Gasteiger partial charge in [0.1, 0.15) is 18.3 Å². The SMILES string of the molecule is O=c1ccn([C@@H]2O[C@H](COP(=O)(O)OP(=O)(O)OP(=O)(O)O)C(O)[C@@H]2O)c(=O)n1Cc1nccc(-c2ccccc2)c1F. The maximum absolute atomic E-state index is 15.3. The predicted molar refractivity (Wildman–Crippen MR) is 139 cm³/mol. The third-order valence-electron chi connectivity index (χ3n) is 5.88. The lowest BCUT2D eigenvalue weighted by molar-refractivity contribution is -0.0547. The van der Waals surface area contributed by atoms with Gasteiger partial charge < -0.3 is 34.5 Å². The highest BCUT2D eigenvalue weighted by Gasteiger charge is 2.47. The molecule has 1 fully saturated rings. The Bertz CT molecular complexity index is 1750. The van der Waals surface area contributed by atoms with E-state index in [1.807, 2.05) is 0 Å². The molecule has 6 atom stereocenters. The zero-order chi connectivity index (χ0) is 31.7. The number of halogens is 1. The minimum absolute atomic E-state index is 0.159. The van der Waals surface area contributed by atoms with Crippen molar-refractivity contribution in [1.82, 2.24) is 14.1 Å². The van der Waals surface area contributed by atoms with Crippen molar-refractivity contribution >= 4 is 23.5 Å². The van der Waals surface area contributed by atoms with Crippen molar-refractivity contribution < 1.29 is 65.8 Å². The molecule has 43 heavy (non-hydrogen) atoms. The van der Waals surface area contributed by atoms with E-state index in [1.54, 1.807) is 30.3 Å². The van der Waals surface area contributed by atoms with Gasteiger partial charge in [-0.3, -0.25) is 23.4 Å². The van der Waals surface area contributed by atoms with E-state index < -0.39 is 78.2 Å². The number of phosphoric acid groups is 3. The van der Waals surface area contributed by atoms with Crippen LogP contribution in [0.15, 0.2) is 64.4 Å². The highest BCUT2D eigenvalue weighted by atomic mass is 31.3. The monoisotopic (exact) mass is 669 g/mol. The molecule has 0 aliphatic carbocycles. The van der Waals surface area contributed by atoms with Gasteiger partial charge in [0.05, 0.1) is 18.8 Å². The van der Waals surface area contributed by atoms with E-state index in [0.29, 0.717) is 14.7 Å². The Morgan fingerprint density at radius 3 is 2.26 bits per heavy atom. The molecule has 0 amide bonds. The first-order chi connectivity index (χ1) is 20.0. The Balaban J connectivity index is 1.53. The Labute approximate surface area is 239 Å². The van der Waals surface area contributed by atoms with Crippen molar-refractivity contribution in [2.24, 2.45) is 0 Å². The number of aromatic nitrogens is 3. The number of aliphatic hydroxyl groups is 2. The van der Waals surface area contributed by atoms with Gasteiger partial charge in [-0.05, 0) is 11.6 Å². The van der Waals surface area contributed by atoms with E-state index in [9.17, 15) is 43.3 Å². The molecule has 0 spiro atoms. The van der Waals surface area contributed by atoms with E-state index in [2.05, 4.69) is 18.1 Å². The van der Waals surface area contributed by atoms with Crippen LogP contribution in [0.2, 0.25) is 0 Å². The summed E-state index contributed by atoms with van der Waals surface area (Å²) in [6.45, 7) is -1.76. The van der Waals surface area contributed by atoms with Crippen LogP contribution >= 0.6 is 23.5 Å². The number of rotatable bonds is 11. The van der Waals surface area contributed by atoms with Gasteiger partial charge in [0.2, 0.25) is 0 Å². The molecule has 1 aliphatic heterocycles. The number of hydrogen-bond acceptors (Lipinski definition) is 12. The minimum atomic E-state index is -5.82. The lowest BCUT2D eigenvalue weighted by Gasteiger charge is -2.19. The second-order valence-electron chi connectivity index (χ2n) is 8.85. The van der Waals surface area contributed by atoms with Crippen molar-refractivity contribution in [1.29, 1.82) is 0 Å². The molecule has 1 aromatic carbocycles. The van der Waals surface area contributed by atoms with Crippen LogP contribution in [0.3, 0.4) is 0 Å². The van der Waals surface area contributed by atoms with Crippen LogP contribution in [-0.2, 0) is 38.1 Å². The van der Waals surface area contributed by atoms with Gasteiger partial charge in [-0.1, -0.05) is 30.3 Å². The summed E-state index contributed by atoms with van der Waals surface area (Å²) >= 11 is 0. The topological polar surface area (TPSA) is 266 Å². The fourth-order valence-corrected chi connectivity index (χ4v) is 7.06. The molecule has 234 valence electrons. The van der Waals surface area contributed by atoms with Crippen LogP contribution in [-0.4, -0.2) is 68.8 Å². The number of pyridine rings is 1. The normalized spacial score (nSPS) is 23.5. The zero-order valence-corrected chi connectivity index (χ0v) is 24.0. The largest absolute Gasteiger partial charge is 0.490 e. The van der Waals surface area contributed by atoms with Crippen LogP contribution in [0.5, 0.6) is 0 Å². The fourth-order valence-electron chi connectivity index (χ4n) is 4.03. The molecule has 4 rings (SSSR count). The van der Waals surface area contributed by atoms with Crippen molar-refractivity contribution in [2.75, 3.05) is 6.61 Å². The van der Waals surface area contributed by atoms with Crippen LogP contribution in [0.1, 0.15) is 11.9 Å². The lowest BCUT2D eigenvalue weighted by atomic mass is 10.1. The quantitative estimate of drug-likeness (QED) is 0.149. The number of phosphoric ester groups is 1. The molecule has 3 aromatic rings. The molecular formula is C21H23FN3O15P3. The second-order valence-corrected chi connectivity index (χ2v) is 13.3. The van der Waals surface area contributed by atoms with Crippen LogP contribution in [0.25, 0.3) is 11.1 Å². The summed E-state index contributed by atoms with van der Waals surface area (Å²) in [5.74, 6) is -0.797. The van der Waals surface area contributed by atoms with Gasteiger partial charge in [0.25, 0.3) is 5.56 Å². The van der Waals surface area contributed by atoms with E-state index in [-0.39, 0.29) is 11.3 Å². The van der Waals surface area contributed by atoms with Gasteiger partial charge in [-0.25, -0.2) is 22.9 Å². The molecule has 22 heteroatoms. The van der Waals surface area contributed by atoms with Gasteiger partial charge in [0, 0.05) is 24.0 Å². The zero-order valence-electron chi connectivity index (χ0n) is 21.3. The number of aliphatic hydroxyl groups excluding tert-OH is 2. The number of ether oxygens (including phenoxy) is 1. The smallest absolute Gasteiger partial charge is 0.387 e. The second kappa shape index (κ2) is 12.7. The molecule has 6 N–H and O–H groups in total. The van der Waals surface area contributed by atoms with Crippen molar-refractivity contribution in [3.63, 3.8) is 0 Å². The number of nitrogens with zero attached hydrogens (tertiary/aromatic N) is 3. The van der Waals surface area contributed by atoms with Crippen molar-refractivity contribution in [3.05, 3.63) is 87.2 Å². The number of hydrogen-bond donors (Lipinski definition) is 6. The Morgan fingerprint density at radius 2 is 1.60 bits per heavy atom. The first kappa shape index (κ1) is 33.2. The molecule has 1 aliphatic rings. The van der Waals surface area contributed by atoms with Crippen molar-refractivity contribution in [3.8, 4) is 11.1 Å². The van der Waals surface area contributed by atoms with Crippen LogP contribution in [0.4, 0.5) is 4.39 Å². The Morgan fingerprint density at radius 1 is 0.930 bits per heavy atom. The lowest BCUT2D eigenvalue weighted by Crippen LogP contribution is -2.43. The van der Waals surface area contributed by atoms with Crippen LogP contribution < -0.4 is 11.2 Å². The fraction of sp³-hybridized carbons (Fsp3) is 0.286. The van der Waals surface area contributed by atoms with Crippen molar-refractivity contribution in [2.45, 2.75) is 31.1 Å². The summed E-state index contributed by atoms with van der Waals surface area (Å²) in [4.78, 5) is 65.7. The van der Waals surface area contributed by atoms with E-state index in [4.69, 9.17) is 14.5 Å². The van der Waals surface area contributed by atoms with Gasteiger partial charge >= 0.3 is 29.2 Å². The maximum Gasteiger partial charge on any atom is 0.490 e.